The molecule has 124 valence electrons. The lowest BCUT2D eigenvalue weighted by molar-refractivity contribution is 0.0600. The first kappa shape index (κ1) is 17.7. The number of ether oxygens (including phenoxy) is 1. The number of esters is 1. The van der Waals surface area contributed by atoms with E-state index >= 15 is 0 Å². The maximum Gasteiger partial charge on any atom is 0.337 e. The van der Waals surface area contributed by atoms with Gasteiger partial charge in [0.1, 0.15) is 6.54 Å². The van der Waals surface area contributed by atoms with Gasteiger partial charge in [-0.1, -0.05) is 36.4 Å². The zero-order valence-corrected chi connectivity index (χ0v) is 13.9. The topological polar surface area (TPSA) is 87.5 Å². The molecule has 2 aromatic rings. The molecule has 24 heavy (non-hydrogen) atoms. The van der Waals surface area contributed by atoms with E-state index in [-0.39, 0.29) is 23.5 Å². The fourth-order valence-corrected chi connectivity index (χ4v) is 3.51. The van der Waals surface area contributed by atoms with Gasteiger partial charge >= 0.3 is 5.97 Å². The van der Waals surface area contributed by atoms with Crippen LogP contribution in [-0.2, 0) is 21.3 Å². The average Bonchev–Trinajstić information content (AvgIpc) is 2.61. The Bertz CT molecular complexity index is 858. The van der Waals surface area contributed by atoms with Crippen molar-refractivity contribution in [3.05, 3.63) is 65.7 Å². The van der Waals surface area contributed by atoms with Crippen molar-refractivity contribution in [1.82, 2.24) is 4.31 Å². The lowest BCUT2D eigenvalue weighted by Gasteiger charge is -2.19. The highest BCUT2D eigenvalue weighted by Gasteiger charge is 2.25. The van der Waals surface area contributed by atoms with Crippen LogP contribution in [0.4, 0.5) is 0 Å². The molecule has 7 heteroatoms. The molecule has 0 radical (unpaired) electrons. The van der Waals surface area contributed by atoms with Gasteiger partial charge in [-0.3, -0.25) is 0 Å². The van der Waals surface area contributed by atoms with Crippen LogP contribution in [0.15, 0.2) is 59.5 Å². The molecular weight excluding hydrogens is 328 g/mol. The number of benzene rings is 2. The molecule has 0 spiro atoms. The van der Waals surface area contributed by atoms with Crippen LogP contribution in [0.3, 0.4) is 0 Å². The SMILES string of the molecule is COC(=O)c1cccc(S(=O)(=O)N(CC#N)Cc2ccccc2)c1. The van der Waals surface area contributed by atoms with E-state index in [4.69, 9.17) is 5.26 Å². The van der Waals surface area contributed by atoms with Gasteiger partial charge < -0.3 is 4.74 Å². The van der Waals surface area contributed by atoms with E-state index in [1.807, 2.05) is 12.1 Å². The van der Waals surface area contributed by atoms with Crippen LogP contribution in [0.2, 0.25) is 0 Å². The van der Waals surface area contributed by atoms with Crippen molar-refractivity contribution >= 4 is 16.0 Å². The zero-order chi connectivity index (χ0) is 17.6. The number of sulfonamides is 1. The molecule has 0 unspecified atom stereocenters. The molecule has 0 N–H and O–H groups in total. The Hall–Kier alpha value is -2.69. The van der Waals surface area contributed by atoms with Crippen molar-refractivity contribution in [3.63, 3.8) is 0 Å². The number of hydrogen-bond acceptors (Lipinski definition) is 5. The second-order valence-corrected chi connectivity index (χ2v) is 6.87. The highest BCUT2D eigenvalue weighted by molar-refractivity contribution is 7.89. The molecule has 0 bridgehead atoms. The molecule has 0 atom stereocenters. The second kappa shape index (κ2) is 7.73. The number of rotatable bonds is 6. The number of carbonyl (C=O) groups excluding carboxylic acids is 1. The first-order valence-corrected chi connectivity index (χ1v) is 8.52. The average molecular weight is 344 g/mol. The Morgan fingerprint density at radius 3 is 2.50 bits per heavy atom. The van der Waals surface area contributed by atoms with Gasteiger partial charge in [-0.25, -0.2) is 13.2 Å². The first-order valence-electron chi connectivity index (χ1n) is 7.08. The Morgan fingerprint density at radius 1 is 1.17 bits per heavy atom. The molecule has 0 fully saturated rings. The summed E-state index contributed by atoms with van der Waals surface area (Å²) in [6.45, 7) is -0.223. The van der Waals surface area contributed by atoms with Gasteiger partial charge in [0.05, 0.1) is 23.6 Å². The molecule has 0 heterocycles. The Labute approximate surface area is 141 Å². The molecule has 0 amide bonds. The number of hydrogen-bond donors (Lipinski definition) is 0. The smallest absolute Gasteiger partial charge is 0.337 e. The highest BCUT2D eigenvalue weighted by Crippen LogP contribution is 2.19. The lowest BCUT2D eigenvalue weighted by atomic mass is 10.2. The third kappa shape index (κ3) is 3.98. The monoisotopic (exact) mass is 344 g/mol. The third-order valence-corrected chi connectivity index (χ3v) is 5.13. The molecular formula is C17H16N2O4S. The minimum absolute atomic E-state index is 0.0587. The van der Waals surface area contributed by atoms with E-state index < -0.39 is 16.0 Å². The van der Waals surface area contributed by atoms with Crippen molar-refractivity contribution in [2.75, 3.05) is 13.7 Å². The molecule has 6 nitrogen and oxygen atoms in total. The van der Waals surface area contributed by atoms with Crippen LogP contribution in [-0.4, -0.2) is 32.3 Å². The van der Waals surface area contributed by atoms with Gasteiger partial charge in [0, 0.05) is 6.54 Å². The number of carbonyl (C=O) groups is 1. The van der Waals surface area contributed by atoms with Crippen molar-refractivity contribution < 1.29 is 17.9 Å². The molecule has 0 aliphatic rings. The van der Waals surface area contributed by atoms with Crippen LogP contribution in [0.1, 0.15) is 15.9 Å². The predicted molar refractivity (Wildman–Crippen MR) is 87.4 cm³/mol. The van der Waals surface area contributed by atoms with Crippen molar-refractivity contribution in [2.24, 2.45) is 0 Å². The lowest BCUT2D eigenvalue weighted by Crippen LogP contribution is -2.31. The Kier molecular flexibility index (Phi) is 5.68. The van der Waals surface area contributed by atoms with E-state index in [9.17, 15) is 13.2 Å². The van der Waals surface area contributed by atoms with Crippen molar-refractivity contribution in [1.29, 1.82) is 5.26 Å². The summed E-state index contributed by atoms with van der Waals surface area (Å²) in [6, 6.07) is 16.4. The summed E-state index contributed by atoms with van der Waals surface area (Å²) in [5.74, 6) is -0.623. The summed E-state index contributed by atoms with van der Waals surface area (Å²) in [6.07, 6.45) is 0. The number of nitrogens with zero attached hydrogens (tertiary/aromatic N) is 2. The van der Waals surface area contributed by atoms with Crippen LogP contribution >= 0.6 is 0 Å². The van der Waals surface area contributed by atoms with Crippen molar-refractivity contribution in [2.45, 2.75) is 11.4 Å². The standard InChI is InChI=1S/C17H16N2O4S/c1-23-17(20)15-8-5-9-16(12-15)24(21,22)19(11-10-18)13-14-6-3-2-4-7-14/h2-9,12H,11,13H2,1H3. The summed E-state index contributed by atoms with van der Waals surface area (Å²) in [7, 11) is -2.70. The summed E-state index contributed by atoms with van der Waals surface area (Å²) in [4.78, 5) is 11.5. The van der Waals surface area contributed by atoms with Crippen LogP contribution in [0, 0.1) is 11.3 Å². The Morgan fingerprint density at radius 2 is 1.88 bits per heavy atom. The quantitative estimate of drug-likeness (QED) is 0.592. The summed E-state index contributed by atoms with van der Waals surface area (Å²) in [5.41, 5.74) is 0.899. The normalized spacial score (nSPS) is 11.0. The maximum atomic E-state index is 12.8. The number of nitriles is 1. The van der Waals surface area contributed by atoms with E-state index in [2.05, 4.69) is 4.74 Å². The molecule has 0 aliphatic carbocycles. The highest BCUT2D eigenvalue weighted by atomic mass is 32.2. The van der Waals surface area contributed by atoms with Gasteiger partial charge in [-0.05, 0) is 23.8 Å². The first-order chi connectivity index (χ1) is 11.5. The van der Waals surface area contributed by atoms with Gasteiger partial charge in [0.15, 0.2) is 0 Å². The fraction of sp³-hybridized carbons (Fsp3) is 0.176. The van der Waals surface area contributed by atoms with E-state index in [0.29, 0.717) is 0 Å². The predicted octanol–water partition coefficient (Wildman–Crippen LogP) is 2.19. The summed E-state index contributed by atoms with van der Waals surface area (Å²) < 4.78 is 31.3. The van der Waals surface area contributed by atoms with Gasteiger partial charge in [0.2, 0.25) is 10.0 Å². The van der Waals surface area contributed by atoms with Gasteiger partial charge in [-0.15, -0.1) is 0 Å². The van der Waals surface area contributed by atoms with Crippen LogP contribution in [0.5, 0.6) is 0 Å². The largest absolute Gasteiger partial charge is 0.465 e. The molecule has 0 saturated heterocycles. The van der Waals surface area contributed by atoms with E-state index in [1.165, 1.54) is 31.4 Å². The number of methoxy groups -OCH3 is 1. The molecule has 0 aliphatic heterocycles. The molecule has 2 aromatic carbocycles. The molecule has 2 rings (SSSR count). The summed E-state index contributed by atoms with van der Waals surface area (Å²) >= 11 is 0. The van der Waals surface area contributed by atoms with Crippen LogP contribution < -0.4 is 0 Å². The minimum atomic E-state index is -3.92. The molecule has 0 aromatic heterocycles. The summed E-state index contributed by atoms with van der Waals surface area (Å²) in [5, 5.41) is 8.98. The maximum absolute atomic E-state index is 12.8. The zero-order valence-electron chi connectivity index (χ0n) is 13.0. The minimum Gasteiger partial charge on any atom is -0.465 e. The second-order valence-electron chi connectivity index (χ2n) is 4.94. The van der Waals surface area contributed by atoms with E-state index in [0.717, 1.165) is 9.87 Å². The van der Waals surface area contributed by atoms with Crippen molar-refractivity contribution in [3.8, 4) is 6.07 Å². The Balaban J connectivity index is 2.38. The van der Waals surface area contributed by atoms with Gasteiger partial charge in [0.25, 0.3) is 0 Å². The van der Waals surface area contributed by atoms with Gasteiger partial charge in [-0.2, -0.15) is 9.57 Å². The van der Waals surface area contributed by atoms with Crippen LogP contribution in [0.25, 0.3) is 0 Å². The third-order valence-electron chi connectivity index (χ3n) is 3.34. The van der Waals surface area contributed by atoms with E-state index in [1.54, 1.807) is 24.3 Å². The molecule has 0 saturated carbocycles. The fourth-order valence-electron chi connectivity index (χ4n) is 2.14.